The van der Waals surface area contributed by atoms with Gasteiger partial charge in [-0.3, -0.25) is 0 Å². The van der Waals surface area contributed by atoms with Gasteiger partial charge in [-0.2, -0.15) is 0 Å². The molecule has 0 saturated carbocycles. The molecule has 1 aromatic carbocycles. The van der Waals surface area contributed by atoms with Crippen LogP contribution in [-0.2, 0) is 4.74 Å². The van der Waals surface area contributed by atoms with E-state index in [2.05, 4.69) is 10.2 Å². The number of fused-ring (bicyclic) bond motifs is 1. The Hall–Kier alpha value is -1.39. The van der Waals surface area contributed by atoms with Gasteiger partial charge in [0.15, 0.2) is 5.15 Å². The number of rotatable bonds is 3. The molecular weight excluding hydrogens is 252 g/mol. The first-order valence-corrected chi connectivity index (χ1v) is 6.34. The van der Waals surface area contributed by atoms with Crippen LogP contribution in [0.25, 0.3) is 10.8 Å². The van der Waals surface area contributed by atoms with Gasteiger partial charge in [-0.05, 0) is 12.5 Å². The molecule has 1 aliphatic rings. The average molecular weight is 265 g/mol. The predicted octanol–water partition coefficient (Wildman–Crippen LogP) is 2.70. The van der Waals surface area contributed by atoms with Gasteiger partial charge in [0.1, 0.15) is 0 Å². The van der Waals surface area contributed by atoms with E-state index in [1.165, 1.54) is 0 Å². The van der Waals surface area contributed by atoms with Crippen LogP contribution in [0.2, 0.25) is 5.15 Å². The van der Waals surface area contributed by atoms with E-state index in [-0.39, 0.29) is 0 Å². The molecular formula is C13H13ClN2O2. The highest BCUT2D eigenvalue weighted by molar-refractivity contribution is 6.34. The lowest BCUT2D eigenvalue weighted by Gasteiger charge is -2.11. The van der Waals surface area contributed by atoms with E-state index in [0.29, 0.717) is 23.6 Å². The summed E-state index contributed by atoms with van der Waals surface area (Å²) < 4.78 is 11.1. The predicted molar refractivity (Wildman–Crippen MR) is 69.0 cm³/mol. The van der Waals surface area contributed by atoms with Gasteiger partial charge >= 0.3 is 0 Å². The van der Waals surface area contributed by atoms with Crippen molar-refractivity contribution in [1.29, 1.82) is 0 Å². The smallest absolute Gasteiger partial charge is 0.241 e. The minimum atomic E-state index is 0.405. The maximum Gasteiger partial charge on any atom is 0.241 e. The first kappa shape index (κ1) is 11.7. The van der Waals surface area contributed by atoms with Crippen LogP contribution < -0.4 is 4.74 Å². The van der Waals surface area contributed by atoms with Crippen LogP contribution in [0.15, 0.2) is 24.3 Å². The monoisotopic (exact) mass is 264 g/mol. The van der Waals surface area contributed by atoms with Crippen molar-refractivity contribution >= 4 is 22.4 Å². The van der Waals surface area contributed by atoms with Crippen molar-refractivity contribution in [2.45, 2.75) is 6.42 Å². The van der Waals surface area contributed by atoms with E-state index in [1.807, 2.05) is 24.3 Å². The second-order valence-electron chi connectivity index (χ2n) is 4.38. The Morgan fingerprint density at radius 2 is 2.11 bits per heavy atom. The van der Waals surface area contributed by atoms with Crippen LogP contribution in [0, 0.1) is 5.92 Å². The second kappa shape index (κ2) is 5.08. The molecule has 2 heterocycles. The van der Waals surface area contributed by atoms with Crippen LogP contribution in [-0.4, -0.2) is 30.0 Å². The summed E-state index contributed by atoms with van der Waals surface area (Å²) in [6.07, 6.45) is 1.04. The molecule has 2 aromatic rings. The Kier molecular flexibility index (Phi) is 3.30. The lowest BCUT2D eigenvalue weighted by atomic mass is 10.1. The topological polar surface area (TPSA) is 44.2 Å². The van der Waals surface area contributed by atoms with E-state index in [0.717, 1.165) is 30.4 Å². The van der Waals surface area contributed by atoms with Crippen LogP contribution in [0.5, 0.6) is 5.88 Å². The number of halogens is 1. The van der Waals surface area contributed by atoms with E-state index in [1.54, 1.807) is 0 Å². The van der Waals surface area contributed by atoms with E-state index < -0.39 is 0 Å². The molecule has 1 fully saturated rings. The summed E-state index contributed by atoms with van der Waals surface area (Å²) in [6, 6.07) is 7.71. The fourth-order valence-electron chi connectivity index (χ4n) is 2.06. The summed E-state index contributed by atoms with van der Waals surface area (Å²) in [4.78, 5) is 0. The van der Waals surface area contributed by atoms with Crippen LogP contribution in [0.3, 0.4) is 0 Å². The standard InChI is InChI=1S/C13H13ClN2O2/c14-12-10-3-1-2-4-11(10)13(16-15-12)18-8-9-5-6-17-7-9/h1-4,9H,5-8H2. The third-order valence-electron chi connectivity index (χ3n) is 3.09. The molecule has 1 aromatic heterocycles. The van der Waals surface area contributed by atoms with Crippen molar-refractivity contribution in [2.24, 2.45) is 5.92 Å². The van der Waals surface area contributed by atoms with Gasteiger partial charge in [0.2, 0.25) is 5.88 Å². The molecule has 5 heteroatoms. The zero-order chi connectivity index (χ0) is 12.4. The Morgan fingerprint density at radius 1 is 1.28 bits per heavy atom. The molecule has 0 amide bonds. The quantitative estimate of drug-likeness (QED) is 0.855. The van der Waals surface area contributed by atoms with Crippen LogP contribution in [0.4, 0.5) is 0 Å². The summed E-state index contributed by atoms with van der Waals surface area (Å²) >= 11 is 6.01. The van der Waals surface area contributed by atoms with Crippen LogP contribution >= 0.6 is 11.6 Å². The van der Waals surface area contributed by atoms with Gasteiger partial charge in [-0.15, -0.1) is 10.2 Å². The van der Waals surface area contributed by atoms with Crippen LogP contribution in [0.1, 0.15) is 6.42 Å². The number of ether oxygens (including phenoxy) is 2. The Labute approximate surface area is 110 Å². The first-order chi connectivity index (χ1) is 8.84. The average Bonchev–Trinajstić information content (AvgIpc) is 2.92. The summed E-state index contributed by atoms with van der Waals surface area (Å²) in [5, 5.41) is 10.1. The van der Waals surface area contributed by atoms with Gasteiger partial charge < -0.3 is 9.47 Å². The summed E-state index contributed by atoms with van der Waals surface area (Å²) in [6.45, 7) is 2.19. The van der Waals surface area contributed by atoms with Gasteiger partial charge in [0, 0.05) is 23.3 Å². The SMILES string of the molecule is Clc1nnc(OCC2CCOC2)c2ccccc12. The minimum absolute atomic E-state index is 0.405. The van der Waals surface area contributed by atoms with E-state index in [4.69, 9.17) is 21.1 Å². The van der Waals surface area contributed by atoms with Gasteiger partial charge in [0.25, 0.3) is 0 Å². The van der Waals surface area contributed by atoms with Gasteiger partial charge in [0.05, 0.1) is 13.2 Å². The normalized spacial score (nSPS) is 19.3. The number of hydrogen-bond donors (Lipinski definition) is 0. The highest BCUT2D eigenvalue weighted by atomic mass is 35.5. The lowest BCUT2D eigenvalue weighted by molar-refractivity contribution is 0.165. The van der Waals surface area contributed by atoms with Crippen molar-refractivity contribution in [3.63, 3.8) is 0 Å². The molecule has 94 valence electrons. The molecule has 0 aliphatic carbocycles. The fraction of sp³-hybridized carbons (Fsp3) is 0.385. The molecule has 1 unspecified atom stereocenters. The second-order valence-corrected chi connectivity index (χ2v) is 4.74. The van der Waals surface area contributed by atoms with Crippen molar-refractivity contribution in [2.75, 3.05) is 19.8 Å². The molecule has 1 atom stereocenters. The summed E-state index contributed by atoms with van der Waals surface area (Å²) in [5.74, 6) is 0.989. The molecule has 0 N–H and O–H groups in total. The molecule has 3 rings (SSSR count). The third-order valence-corrected chi connectivity index (χ3v) is 3.37. The maximum atomic E-state index is 6.01. The molecule has 1 aliphatic heterocycles. The summed E-state index contributed by atoms with van der Waals surface area (Å²) in [7, 11) is 0. The maximum absolute atomic E-state index is 6.01. The Morgan fingerprint density at radius 3 is 2.89 bits per heavy atom. The molecule has 0 radical (unpaired) electrons. The molecule has 0 spiro atoms. The number of nitrogens with zero attached hydrogens (tertiary/aromatic N) is 2. The number of aromatic nitrogens is 2. The highest BCUT2D eigenvalue weighted by Crippen LogP contribution is 2.27. The molecule has 18 heavy (non-hydrogen) atoms. The Balaban J connectivity index is 1.85. The fourth-order valence-corrected chi connectivity index (χ4v) is 2.27. The van der Waals surface area contributed by atoms with E-state index in [9.17, 15) is 0 Å². The highest BCUT2D eigenvalue weighted by Gasteiger charge is 2.17. The van der Waals surface area contributed by atoms with E-state index >= 15 is 0 Å². The zero-order valence-electron chi connectivity index (χ0n) is 9.80. The van der Waals surface area contributed by atoms with Crippen molar-refractivity contribution < 1.29 is 9.47 Å². The number of benzene rings is 1. The first-order valence-electron chi connectivity index (χ1n) is 5.96. The third kappa shape index (κ3) is 2.26. The molecule has 1 saturated heterocycles. The lowest BCUT2D eigenvalue weighted by Crippen LogP contribution is -2.12. The zero-order valence-corrected chi connectivity index (χ0v) is 10.6. The summed E-state index contributed by atoms with van der Waals surface area (Å²) in [5.41, 5.74) is 0. The molecule has 0 bridgehead atoms. The number of hydrogen-bond acceptors (Lipinski definition) is 4. The minimum Gasteiger partial charge on any atom is -0.476 e. The van der Waals surface area contributed by atoms with Gasteiger partial charge in [-0.1, -0.05) is 29.8 Å². The largest absolute Gasteiger partial charge is 0.476 e. The van der Waals surface area contributed by atoms with Crippen molar-refractivity contribution in [1.82, 2.24) is 10.2 Å². The van der Waals surface area contributed by atoms with Crippen molar-refractivity contribution in [3.8, 4) is 5.88 Å². The van der Waals surface area contributed by atoms with Gasteiger partial charge in [-0.25, -0.2) is 0 Å². The molecule has 4 nitrogen and oxygen atoms in total. The van der Waals surface area contributed by atoms with Crippen molar-refractivity contribution in [3.05, 3.63) is 29.4 Å². The Bertz CT molecular complexity index is 556.